The molecule has 4 aromatic rings. The second-order valence-electron chi connectivity index (χ2n) is 10.9. The van der Waals surface area contributed by atoms with Gasteiger partial charge in [0, 0.05) is 39.3 Å². The summed E-state index contributed by atoms with van der Waals surface area (Å²) in [7, 11) is 0. The molecule has 0 atom stereocenters. The summed E-state index contributed by atoms with van der Waals surface area (Å²) in [6.07, 6.45) is -3.61. The van der Waals surface area contributed by atoms with E-state index in [4.69, 9.17) is 2.74 Å². The number of benzene rings is 3. The van der Waals surface area contributed by atoms with Crippen LogP contribution >= 0.6 is 11.8 Å². The predicted molar refractivity (Wildman–Crippen MR) is 177 cm³/mol. The van der Waals surface area contributed by atoms with Crippen LogP contribution in [-0.2, 0) is 42.5 Å². The number of alkyl halides is 3. The summed E-state index contributed by atoms with van der Waals surface area (Å²) in [5.74, 6) is -1.90. The lowest BCUT2D eigenvalue weighted by molar-refractivity contribution is -0.137. The van der Waals surface area contributed by atoms with Gasteiger partial charge in [0.1, 0.15) is 12.3 Å². The molecule has 1 amide bonds. The van der Waals surface area contributed by atoms with E-state index in [1.807, 2.05) is 18.7 Å². The highest BCUT2D eigenvalue weighted by Gasteiger charge is 2.30. The lowest BCUT2D eigenvalue weighted by Crippen LogP contribution is -2.40. The molecule has 0 saturated heterocycles. The quantitative estimate of drug-likeness (QED) is 0.0853. The maximum absolute atomic E-state index is 14.6. The van der Waals surface area contributed by atoms with E-state index in [9.17, 15) is 32.6 Å². The molecule has 0 spiro atoms. The number of aromatic nitrogens is 2. The third kappa shape index (κ3) is 8.70. The number of fused-ring (bicyclic) bond motifs is 1. The predicted octanol–water partition coefficient (Wildman–Crippen LogP) is 7.22. The fraction of sp³-hybridized carbons (Fsp3) is 0.361. The van der Waals surface area contributed by atoms with Crippen LogP contribution in [0.5, 0.6) is 0 Å². The lowest BCUT2D eigenvalue weighted by Gasteiger charge is -2.28. The number of likely N-dealkylation sites (N-methyl/N-ethyl adjacent to an activating group) is 1. The third-order valence-corrected chi connectivity index (χ3v) is 8.69. The van der Waals surface area contributed by atoms with Gasteiger partial charge in [-0.25, -0.2) is 4.39 Å². The van der Waals surface area contributed by atoms with E-state index in [-0.39, 0.29) is 48.3 Å². The number of nitrogens with zero attached hydrogens (tertiary/aromatic N) is 4. The van der Waals surface area contributed by atoms with Gasteiger partial charge in [-0.1, -0.05) is 74.1 Å². The highest BCUT2D eigenvalue weighted by atomic mass is 32.2. The average molecular weight is 673 g/mol. The third-order valence-electron chi connectivity index (χ3n) is 7.89. The van der Waals surface area contributed by atoms with Gasteiger partial charge < -0.3 is 14.4 Å². The molecule has 0 unspecified atom stereocenters. The van der Waals surface area contributed by atoms with Crippen molar-refractivity contribution in [3.05, 3.63) is 117 Å². The van der Waals surface area contributed by atoms with E-state index in [2.05, 4.69) is 4.98 Å². The van der Waals surface area contributed by atoms with Crippen molar-refractivity contribution in [2.75, 3.05) is 26.2 Å². The number of carbonyl (C=O) groups is 1. The van der Waals surface area contributed by atoms with E-state index in [1.165, 1.54) is 48.5 Å². The first-order valence-electron chi connectivity index (χ1n) is 18.2. The second-order valence-corrected chi connectivity index (χ2v) is 11.7. The minimum atomic E-state index is -4.51. The maximum Gasteiger partial charge on any atom is 0.416 e. The minimum absolute atomic E-state index is 0.00834. The number of hydrogen-bond acceptors (Lipinski definition) is 5. The summed E-state index contributed by atoms with van der Waals surface area (Å²) in [6, 6.07) is 14.8. The van der Waals surface area contributed by atoms with Gasteiger partial charge in [0.05, 0.1) is 11.0 Å². The van der Waals surface area contributed by atoms with Crippen LogP contribution in [0.15, 0.2) is 82.7 Å². The van der Waals surface area contributed by atoms with Crippen LogP contribution in [0.25, 0.3) is 11.1 Å². The Balaban J connectivity index is 1.56. The molecule has 11 heteroatoms. The summed E-state index contributed by atoms with van der Waals surface area (Å²) in [5.41, 5.74) is -2.60. The number of rotatable bonds is 13. The van der Waals surface area contributed by atoms with Gasteiger partial charge in [0.15, 0.2) is 5.16 Å². The highest BCUT2D eigenvalue weighted by molar-refractivity contribution is 7.98. The number of thioether (sulfide) groups is 1. The number of hydrogen-bond donors (Lipinski definition) is 0. The van der Waals surface area contributed by atoms with Crippen LogP contribution in [0.3, 0.4) is 0 Å². The Morgan fingerprint density at radius 3 is 2.15 bits per heavy atom. The molecular formula is C36H38F4N4O2S. The normalized spacial score (nSPS) is 15.6. The van der Waals surface area contributed by atoms with Crippen LogP contribution < -0.4 is 5.56 Å². The van der Waals surface area contributed by atoms with Crippen molar-refractivity contribution < 1.29 is 30.6 Å². The van der Waals surface area contributed by atoms with Crippen molar-refractivity contribution >= 4 is 17.7 Å². The summed E-state index contributed by atoms with van der Waals surface area (Å²) in [4.78, 5) is 34.5. The van der Waals surface area contributed by atoms with Gasteiger partial charge in [0.25, 0.3) is 5.56 Å². The van der Waals surface area contributed by atoms with Crippen LogP contribution in [0.2, 0.25) is 0 Å². The van der Waals surface area contributed by atoms with Crippen molar-refractivity contribution in [1.82, 2.24) is 19.4 Å². The van der Waals surface area contributed by atoms with E-state index in [1.54, 1.807) is 0 Å². The van der Waals surface area contributed by atoms with Crippen molar-refractivity contribution in [3.63, 3.8) is 0 Å². The van der Waals surface area contributed by atoms with Crippen LogP contribution in [0, 0.1) is 5.82 Å². The molecule has 47 heavy (non-hydrogen) atoms. The van der Waals surface area contributed by atoms with Crippen molar-refractivity contribution in [1.29, 1.82) is 0 Å². The molecular weight excluding hydrogens is 628 g/mol. The molecule has 6 nitrogen and oxygen atoms in total. The smallest absolute Gasteiger partial charge is 0.336 e. The lowest BCUT2D eigenvalue weighted by atomic mass is 10.0. The number of amides is 1. The molecule has 5 rings (SSSR count). The Kier molecular flexibility index (Phi) is 8.80. The van der Waals surface area contributed by atoms with Gasteiger partial charge >= 0.3 is 6.18 Å². The zero-order valence-electron chi connectivity index (χ0n) is 31.9. The van der Waals surface area contributed by atoms with Gasteiger partial charge in [-0.2, -0.15) is 18.2 Å². The van der Waals surface area contributed by atoms with Crippen LogP contribution in [0.4, 0.5) is 17.6 Å². The zero-order chi connectivity index (χ0) is 38.9. The van der Waals surface area contributed by atoms with Crippen LogP contribution in [0.1, 0.15) is 56.4 Å². The number of halogens is 4. The monoisotopic (exact) mass is 672 g/mol. The van der Waals surface area contributed by atoms with Crippen molar-refractivity contribution in [3.8, 4) is 11.1 Å². The fourth-order valence-electron chi connectivity index (χ4n) is 5.22. The molecule has 0 aliphatic heterocycles. The molecule has 0 N–H and O–H groups in total. The van der Waals surface area contributed by atoms with Crippen molar-refractivity contribution in [2.45, 2.75) is 63.1 Å². The Bertz CT molecular complexity index is 1990. The van der Waals surface area contributed by atoms with Gasteiger partial charge in [-0.15, -0.1) is 0 Å². The first kappa shape index (κ1) is 27.0. The second kappa shape index (κ2) is 15.3. The first-order valence-corrected chi connectivity index (χ1v) is 16.1. The SMILES string of the molecule is [2H]C([2H])(Sc1nc(=O)c2c(n1C([2H])([2H])C(=O)N(CCN(CC)CC)C([2H])([2H])c1ccc(-c3ccc(C(F)(F)F)cc3)cc1)CCC2)c1ccc(F)cc1. The Hall–Kier alpha value is -3.96. The minimum Gasteiger partial charge on any atom is -0.336 e. The standard InChI is InChI=1S/C36H38F4N4O2S/c1-3-42(4-2)20-21-43(22-25-8-12-27(13-9-25)28-14-16-29(17-15-28)36(38,39)40)33(45)23-44-32-7-5-6-31(32)34(46)41-35(44)47-24-26-10-18-30(37)19-11-26/h8-19H,3-7,20-24H2,1-2H3/i22D2,23D2,24D2. The summed E-state index contributed by atoms with van der Waals surface area (Å²) < 4.78 is 108. The molecule has 248 valence electrons. The maximum atomic E-state index is 14.6. The van der Waals surface area contributed by atoms with E-state index in [0.29, 0.717) is 42.4 Å². The molecule has 1 aromatic heterocycles. The Morgan fingerprint density at radius 1 is 0.915 bits per heavy atom. The van der Waals surface area contributed by atoms with E-state index >= 15 is 0 Å². The molecule has 0 radical (unpaired) electrons. The molecule has 0 bridgehead atoms. The average Bonchev–Trinajstić information content (AvgIpc) is 3.60. The summed E-state index contributed by atoms with van der Waals surface area (Å²) in [5, 5.41) is -0.437. The van der Waals surface area contributed by atoms with Crippen LogP contribution in [-0.4, -0.2) is 51.4 Å². The molecule has 1 aliphatic rings. The van der Waals surface area contributed by atoms with Crippen molar-refractivity contribution in [2.24, 2.45) is 0 Å². The molecule has 3 aromatic carbocycles. The fourth-order valence-corrected chi connectivity index (χ4v) is 5.94. The number of carbonyl (C=O) groups excluding carboxylic acids is 1. The van der Waals surface area contributed by atoms with Gasteiger partial charge in [0.2, 0.25) is 5.91 Å². The summed E-state index contributed by atoms with van der Waals surface area (Å²) >= 11 is 0.386. The molecule has 1 heterocycles. The van der Waals surface area contributed by atoms with E-state index < -0.39 is 52.9 Å². The molecule has 0 fully saturated rings. The molecule has 1 aliphatic carbocycles. The van der Waals surface area contributed by atoms with Gasteiger partial charge in [-0.3, -0.25) is 9.59 Å². The Labute approximate surface area is 284 Å². The topological polar surface area (TPSA) is 58.4 Å². The zero-order valence-corrected chi connectivity index (χ0v) is 26.7. The summed E-state index contributed by atoms with van der Waals surface area (Å²) in [6.45, 7) is -0.890. The largest absolute Gasteiger partial charge is 0.416 e. The van der Waals surface area contributed by atoms with E-state index in [0.717, 1.165) is 33.7 Å². The molecule has 0 saturated carbocycles. The van der Waals surface area contributed by atoms with Gasteiger partial charge in [-0.05, 0) is 78.9 Å². The first-order chi connectivity index (χ1) is 24.8. The Morgan fingerprint density at radius 2 is 1.53 bits per heavy atom. The highest BCUT2D eigenvalue weighted by Crippen LogP contribution is 2.31.